The highest BCUT2D eigenvalue weighted by Gasteiger charge is 2.34. The summed E-state index contributed by atoms with van der Waals surface area (Å²) in [6.45, 7) is 4.95. The molecule has 2 fully saturated rings. The van der Waals surface area contributed by atoms with Crippen LogP contribution in [0.1, 0.15) is 58.3 Å². The van der Waals surface area contributed by atoms with Gasteiger partial charge in [0.15, 0.2) is 0 Å². The molecule has 1 saturated heterocycles. The van der Waals surface area contributed by atoms with E-state index in [1.807, 2.05) is 0 Å². The van der Waals surface area contributed by atoms with E-state index >= 15 is 0 Å². The topological polar surface area (TPSA) is 41.6 Å². The summed E-state index contributed by atoms with van der Waals surface area (Å²) in [6.07, 6.45) is 4.88. The van der Waals surface area contributed by atoms with Crippen LogP contribution in [0, 0.1) is 5.92 Å². The summed E-state index contributed by atoms with van der Waals surface area (Å²) in [5.74, 6) is -1.96. The van der Waals surface area contributed by atoms with Crippen molar-refractivity contribution in [2.45, 2.75) is 70.3 Å². The fourth-order valence-electron chi connectivity index (χ4n) is 3.37. The van der Waals surface area contributed by atoms with E-state index in [2.05, 4.69) is 12.2 Å². The molecule has 4 nitrogen and oxygen atoms in total. The van der Waals surface area contributed by atoms with Crippen LogP contribution in [0.25, 0.3) is 0 Å². The fourth-order valence-corrected chi connectivity index (χ4v) is 3.37. The Balaban J connectivity index is 1.56. The van der Waals surface area contributed by atoms with Crippen LogP contribution in [0.3, 0.4) is 0 Å². The Kier molecular flexibility index (Phi) is 7.06. The number of rotatable bonds is 7. The van der Waals surface area contributed by atoms with Crippen LogP contribution in [0.15, 0.2) is 0 Å². The smallest absolute Gasteiger partial charge is 0.409 e. The molecule has 2 rings (SSSR count). The van der Waals surface area contributed by atoms with Gasteiger partial charge in [-0.1, -0.05) is 13.3 Å². The maximum atomic E-state index is 13.1. The predicted octanol–water partition coefficient (Wildman–Crippen LogP) is 3.80. The second kappa shape index (κ2) is 8.81. The molecule has 0 bridgehead atoms. The van der Waals surface area contributed by atoms with Crippen molar-refractivity contribution in [1.82, 2.24) is 10.2 Å². The lowest BCUT2D eigenvalue weighted by molar-refractivity contribution is -0.0404. The summed E-state index contributed by atoms with van der Waals surface area (Å²) in [5, 5.41) is 3.40. The fraction of sp³-hybridized carbons (Fsp3) is 0.941. The van der Waals surface area contributed by atoms with Gasteiger partial charge < -0.3 is 15.0 Å². The summed E-state index contributed by atoms with van der Waals surface area (Å²) in [5.41, 5.74) is 0. The molecule has 0 aromatic carbocycles. The van der Waals surface area contributed by atoms with Crippen LogP contribution in [-0.2, 0) is 4.74 Å². The number of carbonyl (C=O) groups is 1. The highest BCUT2D eigenvalue weighted by atomic mass is 19.3. The number of halogens is 2. The van der Waals surface area contributed by atoms with E-state index in [1.165, 1.54) is 0 Å². The van der Waals surface area contributed by atoms with E-state index in [4.69, 9.17) is 4.74 Å². The molecule has 0 spiro atoms. The highest BCUT2D eigenvalue weighted by molar-refractivity contribution is 5.67. The summed E-state index contributed by atoms with van der Waals surface area (Å²) < 4.78 is 31.4. The van der Waals surface area contributed by atoms with Crippen molar-refractivity contribution >= 4 is 6.09 Å². The molecule has 1 heterocycles. The summed E-state index contributed by atoms with van der Waals surface area (Å²) in [7, 11) is 0. The number of carbonyl (C=O) groups excluding carboxylic acids is 1. The third-order valence-electron chi connectivity index (χ3n) is 4.97. The molecular weight excluding hydrogens is 302 g/mol. The maximum Gasteiger partial charge on any atom is 0.409 e. The summed E-state index contributed by atoms with van der Waals surface area (Å²) >= 11 is 0. The Hall–Kier alpha value is -0.910. The van der Waals surface area contributed by atoms with Gasteiger partial charge in [0, 0.05) is 32.0 Å². The molecule has 1 N–H and O–H groups in total. The van der Waals surface area contributed by atoms with Crippen LogP contribution in [-0.4, -0.2) is 49.2 Å². The Morgan fingerprint density at radius 3 is 2.74 bits per heavy atom. The van der Waals surface area contributed by atoms with E-state index in [0.29, 0.717) is 25.4 Å². The number of alkyl halides is 2. The van der Waals surface area contributed by atoms with Crippen molar-refractivity contribution in [2.75, 3.05) is 26.2 Å². The number of ether oxygens (including phenoxy) is 1. The van der Waals surface area contributed by atoms with Crippen LogP contribution >= 0.6 is 0 Å². The predicted molar refractivity (Wildman–Crippen MR) is 85.8 cm³/mol. The number of likely N-dealkylation sites (tertiary alicyclic amines) is 1. The minimum Gasteiger partial charge on any atom is -0.449 e. The molecule has 0 radical (unpaired) electrons. The lowest BCUT2D eigenvalue weighted by atomic mass is 9.92. The molecule has 1 atom stereocenters. The van der Waals surface area contributed by atoms with Gasteiger partial charge in [0.25, 0.3) is 0 Å². The molecule has 6 heteroatoms. The zero-order valence-corrected chi connectivity index (χ0v) is 14.2. The molecule has 1 amide bonds. The number of amides is 1. The second-order valence-electron chi connectivity index (χ2n) is 6.94. The quantitative estimate of drug-likeness (QED) is 0.721. The van der Waals surface area contributed by atoms with Gasteiger partial charge in [0.05, 0.1) is 6.61 Å². The van der Waals surface area contributed by atoms with Gasteiger partial charge >= 0.3 is 6.09 Å². The van der Waals surface area contributed by atoms with Gasteiger partial charge in [0.1, 0.15) is 0 Å². The van der Waals surface area contributed by atoms with Gasteiger partial charge in [-0.2, -0.15) is 0 Å². The third kappa shape index (κ3) is 6.24. The zero-order valence-electron chi connectivity index (χ0n) is 14.2. The highest BCUT2D eigenvalue weighted by Crippen LogP contribution is 2.33. The van der Waals surface area contributed by atoms with Crippen molar-refractivity contribution in [1.29, 1.82) is 0 Å². The van der Waals surface area contributed by atoms with Gasteiger partial charge in [-0.05, 0) is 44.6 Å². The van der Waals surface area contributed by atoms with Gasteiger partial charge in [-0.3, -0.25) is 0 Å². The van der Waals surface area contributed by atoms with E-state index in [9.17, 15) is 13.6 Å². The lowest BCUT2D eigenvalue weighted by Gasteiger charge is -2.29. The van der Waals surface area contributed by atoms with E-state index in [0.717, 1.165) is 45.3 Å². The molecule has 2 aliphatic rings. The lowest BCUT2D eigenvalue weighted by Crippen LogP contribution is -2.38. The van der Waals surface area contributed by atoms with Crippen molar-refractivity contribution in [3.63, 3.8) is 0 Å². The van der Waals surface area contributed by atoms with Crippen molar-refractivity contribution in [2.24, 2.45) is 5.92 Å². The summed E-state index contributed by atoms with van der Waals surface area (Å²) in [4.78, 5) is 13.7. The van der Waals surface area contributed by atoms with E-state index in [-0.39, 0.29) is 25.0 Å². The first kappa shape index (κ1) is 18.4. The van der Waals surface area contributed by atoms with Gasteiger partial charge in [-0.15, -0.1) is 0 Å². The van der Waals surface area contributed by atoms with Crippen molar-refractivity contribution < 1.29 is 18.3 Å². The van der Waals surface area contributed by atoms with Crippen LogP contribution in [0.5, 0.6) is 0 Å². The molecule has 0 aromatic rings. The SMILES string of the molecule is CCCCOC(=O)N1CC[C@@H](CCNC2CCC(F)(F)CC2)C1. The monoisotopic (exact) mass is 332 g/mol. The van der Waals surface area contributed by atoms with Crippen molar-refractivity contribution in [3.05, 3.63) is 0 Å². The number of nitrogens with one attached hydrogen (secondary N) is 1. The molecule has 1 saturated carbocycles. The Labute approximate surface area is 137 Å². The Morgan fingerprint density at radius 1 is 1.30 bits per heavy atom. The van der Waals surface area contributed by atoms with Gasteiger partial charge in [0.2, 0.25) is 5.92 Å². The number of hydrogen-bond donors (Lipinski definition) is 1. The van der Waals surface area contributed by atoms with Crippen molar-refractivity contribution in [3.8, 4) is 0 Å². The Morgan fingerprint density at radius 2 is 2.04 bits per heavy atom. The molecule has 1 aliphatic carbocycles. The maximum absolute atomic E-state index is 13.1. The standard InChI is InChI=1S/C17H30F2N2O2/c1-2-3-12-23-16(22)21-11-7-14(13-21)6-10-20-15-4-8-17(18,19)9-5-15/h14-15,20H,2-13H2,1H3/t14-/m1/s1. The second-order valence-corrected chi connectivity index (χ2v) is 6.94. The number of unbranched alkanes of at least 4 members (excludes halogenated alkanes) is 1. The van der Waals surface area contributed by atoms with Crippen LogP contribution < -0.4 is 5.32 Å². The molecular formula is C17H30F2N2O2. The third-order valence-corrected chi connectivity index (χ3v) is 4.97. The summed E-state index contributed by atoms with van der Waals surface area (Å²) in [6, 6.07) is 0.228. The first-order valence-electron chi connectivity index (χ1n) is 9.03. The molecule has 1 aliphatic heterocycles. The zero-order chi connectivity index (χ0) is 16.7. The number of nitrogens with zero attached hydrogens (tertiary/aromatic N) is 1. The van der Waals surface area contributed by atoms with E-state index in [1.54, 1.807) is 4.90 Å². The number of hydrogen-bond acceptors (Lipinski definition) is 3. The minimum atomic E-state index is -2.46. The average molecular weight is 332 g/mol. The molecule has 0 aromatic heterocycles. The first-order valence-corrected chi connectivity index (χ1v) is 9.03. The minimum absolute atomic E-state index is 0.00543. The van der Waals surface area contributed by atoms with Gasteiger partial charge in [-0.25, -0.2) is 13.6 Å². The Bertz CT molecular complexity index is 370. The normalized spacial score (nSPS) is 24.8. The molecule has 134 valence electrons. The van der Waals surface area contributed by atoms with E-state index < -0.39 is 5.92 Å². The molecule has 23 heavy (non-hydrogen) atoms. The first-order chi connectivity index (χ1) is 11.0. The average Bonchev–Trinajstić information content (AvgIpc) is 2.98. The largest absolute Gasteiger partial charge is 0.449 e. The molecule has 0 unspecified atom stereocenters. The van der Waals surface area contributed by atoms with Crippen LogP contribution in [0.4, 0.5) is 13.6 Å². The van der Waals surface area contributed by atoms with Crippen LogP contribution in [0.2, 0.25) is 0 Å².